The van der Waals surface area contributed by atoms with Crippen molar-refractivity contribution in [2.45, 2.75) is 25.9 Å². The highest BCUT2D eigenvalue weighted by Gasteiger charge is 2.30. The van der Waals surface area contributed by atoms with Crippen LogP contribution in [0.5, 0.6) is 0 Å². The summed E-state index contributed by atoms with van der Waals surface area (Å²) >= 11 is 5.50. The first-order valence-electron chi connectivity index (χ1n) is 8.16. The highest BCUT2D eigenvalue weighted by atomic mass is 32.1. The van der Waals surface area contributed by atoms with Gasteiger partial charge in [0.05, 0.1) is 0 Å². The van der Waals surface area contributed by atoms with Crippen LogP contribution in [0, 0.1) is 6.92 Å². The maximum atomic E-state index is 12.3. The van der Waals surface area contributed by atoms with E-state index in [1.807, 2.05) is 17.0 Å². The van der Waals surface area contributed by atoms with Crippen molar-refractivity contribution in [2.75, 3.05) is 38.1 Å². The van der Waals surface area contributed by atoms with Gasteiger partial charge in [-0.1, -0.05) is 12.1 Å². The number of anilines is 1. The number of hydrogen-bond acceptors (Lipinski definition) is 3. The molecule has 0 aliphatic carbocycles. The van der Waals surface area contributed by atoms with Crippen molar-refractivity contribution in [3.8, 4) is 0 Å². The minimum atomic E-state index is -0.223. The van der Waals surface area contributed by atoms with Crippen molar-refractivity contribution in [3.63, 3.8) is 0 Å². The normalized spacial score (nSPS) is 21.3. The molecule has 1 N–H and O–H groups in total. The number of ether oxygens (including phenoxy) is 1. The molecule has 23 heavy (non-hydrogen) atoms. The Balaban J connectivity index is 1.50. The molecule has 2 saturated heterocycles. The van der Waals surface area contributed by atoms with Gasteiger partial charge in [-0.15, -0.1) is 0 Å². The second-order valence-electron chi connectivity index (χ2n) is 6.11. The van der Waals surface area contributed by atoms with Gasteiger partial charge >= 0.3 is 0 Å². The lowest BCUT2D eigenvalue weighted by molar-refractivity contribution is -0.142. The fraction of sp³-hybridized carbons (Fsp3) is 0.529. The molecule has 0 saturated carbocycles. The van der Waals surface area contributed by atoms with E-state index in [2.05, 4.69) is 29.3 Å². The van der Waals surface area contributed by atoms with Crippen LogP contribution in [0.25, 0.3) is 0 Å². The molecule has 2 heterocycles. The van der Waals surface area contributed by atoms with Crippen LogP contribution in [0.15, 0.2) is 24.3 Å². The monoisotopic (exact) mass is 333 g/mol. The Morgan fingerprint density at radius 3 is 2.65 bits per heavy atom. The van der Waals surface area contributed by atoms with Crippen LogP contribution in [-0.4, -0.2) is 59.7 Å². The Bertz CT molecular complexity index is 579. The molecule has 0 aromatic heterocycles. The van der Waals surface area contributed by atoms with Gasteiger partial charge < -0.3 is 19.9 Å². The van der Waals surface area contributed by atoms with Gasteiger partial charge in [-0.3, -0.25) is 4.79 Å². The van der Waals surface area contributed by atoms with E-state index >= 15 is 0 Å². The van der Waals surface area contributed by atoms with Gasteiger partial charge in [0.15, 0.2) is 5.11 Å². The zero-order valence-electron chi connectivity index (χ0n) is 13.5. The summed E-state index contributed by atoms with van der Waals surface area (Å²) in [6, 6.07) is 8.15. The Hall–Kier alpha value is -1.66. The molecule has 1 aromatic carbocycles. The van der Waals surface area contributed by atoms with Gasteiger partial charge in [0.2, 0.25) is 0 Å². The van der Waals surface area contributed by atoms with Crippen molar-refractivity contribution < 1.29 is 9.53 Å². The van der Waals surface area contributed by atoms with Gasteiger partial charge in [0, 0.05) is 38.5 Å². The first-order chi connectivity index (χ1) is 11.1. The zero-order chi connectivity index (χ0) is 16.2. The fourth-order valence-electron chi connectivity index (χ4n) is 3.03. The molecule has 124 valence electrons. The lowest BCUT2D eigenvalue weighted by atomic mass is 10.2. The van der Waals surface area contributed by atoms with Crippen LogP contribution in [0.1, 0.15) is 18.4 Å². The highest BCUT2D eigenvalue weighted by molar-refractivity contribution is 7.80. The van der Waals surface area contributed by atoms with Gasteiger partial charge in [0.25, 0.3) is 5.91 Å². The molecule has 0 unspecified atom stereocenters. The number of aryl methyl sites for hydroxylation is 1. The average Bonchev–Trinajstić information content (AvgIpc) is 3.09. The third-order valence-electron chi connectivity index (χ3n) is 4.35. The molecule has 2 aliphatic heterocycles. The minimum Gasteiger partial charge on any atom is -0.368 e. The molecule has 1 atom stereocenters. The SMILES string of the molecule is Cc1cccc(NC(=S)N2CCN(C(=O)[C@H]3CCCO3)CC2)c1. The van der Waals surface area contributed by atoms with E-state index < -0.39 is 0 Å². The minimum absolute atomic E-state index is 0.139. The Kier molecular flexibility index (Phi) is 5.13. The smallest absolute Gasteiger partial charge is 0.251 e. The molecular formula is C17H23N3O2S. The van der Waals surface area contributed by atoms with Crippen molar-refractivity contribution in [3.05, 3.63) is 29.8 Å². The van der Waals surface area contributed by atoms with Crippen molar-refractivity contribution in [1.82, 2.24) is 9.80 Å². The second-order valence-corrected chi connectivity index (χ2v) is 6.50. The number of hydrogen-bond donors (Lipinski definition) is 1. The van der Waals surface area contributed by atoms with E-state index in [4.69, 9.17) is 17.0 Å². The summed E-state index contributed by atoms with van der Waals surface area (Å²) in [7, 11) is 0. The second kappa shape index (κ2) is 7.27. The summed E-state index contributed by atoms with van der Waals surface area (Å²) in [5.74, 6) is 0.139. The number of carbonyl (C=O) groups excluding carboxylic acids is 1. The number of thiocarbonyl (C=S) groups is 1. The van der Waals surface area contributed by atoms with E-state index in [-0.39, 0.29) is 12.0 Å². The third kappa shape index (κ3) is 4.00. The van der Waals surface area contributed by atoms with Gasteiger partial charge in [-0.05, 0) is 49.7 Å². The first kappa shape index (κ1) is 16.2. The van der Waals surface area contributed by atoms with Crippen LogP contribution in [0.2, 0.25) is 0 Å². The molecule has 0 spiro atoms. The fourth-order valence-corrected chi connectivity index (χ4v) is 3.33. The number of piperazine rings is 1. The Labute approximate surface area is 142 Å². The van der Waals surface area contributed by atoms with Crippen LogP contribution < -0.4 is 5.32 Å². The van der Waals surface area contributed by atoms with Crippen LogP contribution in [-0.2, 0) is 9.53 Å². The van der Waals surface area contributed by atoms with Crippen LogP contribution in [0.4, 0.5) is 5.69 Å². The van der Waals surface area contributed by atoms with Gasteiger partial charge in [-0.25, -0.2) is 0 Å². The van der Waals surface area contributed by atoms with E-state index in [1.54, 1.807) is 0 Å². The maximum Gasteiger partial charge on any atom is 0.251 e. The molecule has 1 amide bonds. The quantitative estimate of drug-likeness (QED) is 0.839. The Morgan fingerprint density at radius 2 is 2.00 bits per heavy atom. The van der Waals surface area contributed by atoms with E-state index in [0.717, 1.165) is 36.7 Å². The van der Waals surface area contributed by atoms with Gasteiger partial charge in [0.1, 0.15) is 6.10 Å². The largest absolute Gasteiger partial charge is 0.368 e. The maximum absolute atomic E-state index is 12.3. The molecular weight excluding hydrogens is 310 g/mol. The number of nitrogens with zero attached hydrogens (tertiary/aromatic N) is 2. The first-order valence-corrected chi connectivity index (χ1v) is 8.57. The number of benzene rings is 1. The third-order valence-corrected chi connectivity index (χ3v) is 4.71. The van der Waals surface area contributed by atoms with E-state index in [0.29, 0.717) is 19.7 Å². The standard InChI is InChI=1S/C17H23N3O2S/c1-13-4-2-5-14(12-13)18-17(23)20-9-7-19(8-10-20)16(21)15-6-3-11-22-15/h2,4-5,12,15H,3,6-11H2,1H3,(H,18,23)/t15-/m1/s1. The number of amides is 1. The molecule has 6 heteroatoms. The zero-order valence-corrected chi connectivity index (χ0v) is 14.3. The summed E-state index contributed by atoms with van der Waals surface area (Å²) in [4.78, 5) is 16.4. The molecule has 3 rings (SSSR count). The highest BCUT2D eigenvalue weighted by Crippen LogP contribution is 2.17. The van der Waals surface area contributed by atoms with Crippen molar-refractivity contribution >= 4 is 28.9 Å². The molecule has 5 nitrogen and oxygen atoms in total. The molecule has 0 radical (unpaired) electrons. The van der Waals surface area contributed by atoms with Crippen LogP contribution >= 0.6 is 12.2 Å². The predicted molar refractivity (Wildman–Crippen MR) is 94.5 cm³/mol. The lowest BCUT2D eigenvalue weighted by Gasteiger charge is -2.37. The number of rotatable bonds is 2. The molecule has 2 fully saturated rings. The van der Waals surface area contributed by atoms with E-state index in [9.17, 15) is 4.79 Å². The number of carbonyl (C=O) groups is 1. The topological polar surface area (TPSA) is 44.8 Å². The lowest BCUT2D eigenvalue weighted by Crippen LogP contribution is -2.53. The Morgan fingerprint density at radius 1 is 1.26 bits per heavy atom. The molecule has 0 bridgehead atoms. The summed E-state index contributed by atoms with van der Waals surface area (Å²) in [5.41, 5.74) is 2.21. The number of nitrogens with one attached hydrogen (secondary N) is 1. The summed E-state index contributed by atoms with van der Waals surface area (Å²) in [5, 5.41) is 4.00. The van der Waals surface area contributed by atoms with Gasteiger partial charge in [-0.2, -0.15) is 0 Å². The summed E-state index contributed by atoms with van der Waals surface area (Å²) < 4.78 is 5.49. The molecule has 2 aliphatic rings. The van der Waals surface area contributed by atoms with Crippen molar-refractivity contribution in [2.24, 2.45) is 0 Å². The predicted octanol–water partition coefficient (Wildman–Crippen LogP) is 2.02. The van der Waals surface area contributed by atoms with Crippen molar-refractivity contribution in [1.29, 1.82) is 0 Å². The van der Waals surface area contributed by atoms with E-state index in [1.165, 1.54) is 5.56 Å². The summed E-state index contributed by atoms with van der Waals surface area (Å²) in [6.07, 6.45) is 1.62. The molecule has 1 aromatic rings. The average molecular weight is 333 g/mol. The summed E-state index contributed by atoms with van der Waals surface area (Å²) in [6.45, 7) is 5.69. The van der Waals surface area contributed by atoms with Crippen LogP contribution in [0.3, 0.4) is 0 Å².